The molecule has 1 heterocycles. The van der Waals surface area contributed by atoms with E-state index in [9.17, 15) is 13.5 Å². The molecule has 158 valence electrons. The van der Waals surface area contributed by atoms with Crippen LogP contribution in [0.4, 0.5) is 0 Å². The number of hydrogen-bond acceptors (Lipinski definition) is 6. The van der Waals surface area contributed by atoms with Crippen molar-refractivity contribution in [1.82, 2.24) is 0 Å². The molecule has 1 aliphatic rings. The van der Waals surface area contributed by atoms with Crippen molar-refractivity contribution in [3.05, 3.63) is 75.5 Å². The van der Waals surface area contributed by atoms with Gasteiger partial charge < -0.3 is 14.6 Å². The molecular formula is C21H19ClNO5S2-. The average molecular weight is 465 g/mol. The van der Waals surface area contributed by atoms with Crippen LogP contribution in [0.2, 0.25) is 5.02 Å². The molecule has 0 N–H and O–H groups in total. The number of thioether (sulfide) groups is 1. The third kappa shape index (κ3) is 4.66. The van der Waals surface area contributed by atoms with E-state index in [2.05, 4.69) is 4.40 Å². The van der Waals surface area contributed by atoms with Crippen molar-refractivity contribution in [1.29, 1.82) is 0 Å². The second-order valence-corrected chi connectivity index (χ2v) is 9.43. The second kappa shape index (κ2) is 9.16. The van der Waals surface area contributed by atoms with Crippen LogP contribution in [0.1, 0.15) is 19.4 Å². The van der Waals surface area contributed by atoms with Crippen molar-refractivity contribution in [3.8, 4) is 5.75 Å². The molecule has 30 heavy (non-hydrogen) atoms. The number of hydrogen-bond donors (Lipinski definition) is 0. The third-order valence-corrected chi connectivity index (χ3v) is 6.90. The van der Waals surface area contributed by atoms with Crippen molar-refractivity contribution in [2.24, 2.45) is 4.40 Å². The van der Waals surface area contributed by atoms with Gasteiger partial charge in [0.15, 0.2) is 0 Å². The molecule has 0 saturated heterocycles. The van der Waals surface area contributed by atoms with Gasteiger partial charge in [-0.3, -0.25) is 0 Å². The van der Waals surface area contributed by atoms with Crippen LogP contribution in [0, 0.1) is 0 Å². The van der Waals surface area contributed by atoms with Gasteiger partial charge in [-0.1, -0.05) is 42.4 Å². The molecule has 6 nitrogen and oxygen atoms in total. The first-order chi connectivity index (χ1) is 14.3. The summed E-state index contributed by atoms with van der Waals surface area (Å²) in [6, 6.07) is 12.8. The van der Waals surface area contributed by atoms with E-state index < -0.39 is 16.0 Å². The fourth-order valence-corrected chi connectivity index (χ4v) is 5.22. The zero-order valence-corrected chi connectivity index (χ0v) is 18.9. The Bertz CT molecular complexity index is 1130. The first kappa shape index (κ1) is 22.3. The van der Waals surface area contributed by atoms with Crippen LogP contribution < -0.4 is 9.84 Å². The Hall–Kier alpha value is -2.42. The quantitative estimate of drug-likeness (QED) is 0.594. The normalized spacial score (nSPS) is 17.4. The third-order valence-electron chi connectivity index (χ3n) is 4.24. The van der Waals surface area contributed by atoms with Crippen LogP contribution in [0.15, 0.2) is 74.2 Å². The predicted molar refractivity (Wildman–Crippen MR) is 118 cm³/mol. The molecule has 0 unspecified atom stereocenters. The van der Waals surface area contributed by atoms with Gasteiger partial charge in [-0.15, -0.1) is 0 Å². The summed E-state index contributed by atoms with van der Waals surface area (Å²) in [5.41, 5.74) is 1.43. The van der Waals surface area contributed by atoms with Crippen LogP contribution in [-0.2, 0) is 14.8 Å². The lowest BCUT2D eigenvalue weighted by Crippen LogP contribution is -2.15. The Balaban J connectivity index is 2.10. The number of sulfonamides is 1. The minimum absolute atomic E-state index is 0.00259. The Morgan fingerprint density at radius 3 is 2.33 bits per heavy atom. The Morgan fingerprint density at radius 2 is 1.77 bits per heavy atom. The summed E-state index contributed by atoms with van der Waals surface area (Å²) in [7, 11) is -2.56. The zero-order valence-electron chi connectivity index (χ0n) is 16.5. The number of allylic oxidation sites excluding steroid dienone is 2. The van der Waals surface area contributed by atoms with E-state index in [0.717, 1.165) is 22.2 Å². The van der Waals surface area contributed by atoms with Crippen molar-refractivity contribution in [3.63, 3.8) is 0 Å². The lowest BCUT2D eigenvalue weighted by molar-refractivity contribution is -0.357. The van der Waals surface area contributed by atoms with Crippen molar-refractivity contribution in [2.45, 2.75) is 18.7 Å². The lowest BCUT2D eigenvalue weighted by Gasteiger charge is -2.18. The van der Waals surface area contributed by atoms with Crippen LogP contribution in [0.5, 0.6) is 5.75 Å². The minimum Gasteiger partial charge on any atom is -0.613 e. The molecule has 0 aromatic heterocycles. The maximum absolute atomic E-state index is 12.9. The van der Waals surface area contributed by atoms with E-state index in [0.29, 0.717) is 16.3 Å². The molecule has 0 aliphatic carbocycles. The van der Waals surface area contributed by atoms with E-state index in [-0.39, 0.29) is 22.1 Å². The number of ether oxygens (including phenoxy) is 2. The maximum atomic E-state index is 12.9. The molecule has 0 radical (unpaired) electrons. The van der Waals surface area contributed by atoms with Gasteiger partial charge in [-0.05, 0) is 60.4 Å². The summed E-state index contributed by atoms with van der Waals surface area (Å²) in [5.74, 6) is -0.103. The van der Waals surface area contributed by atoms with E-state index >= 15 is 0 Å². The molecular weight excluding hydrogens is 446 g/mol. The van der Waals surface area contributed by atoms with Crippen molar-refractivity contribution in [2.75, 3.05) is 13.7 Å². The molecule has 1 aliphatic heterocycles. The lowest BCUT2D eigenvalue weighted by atomic mass is 9.99. The summed E-state index contributed by atoms with van der Waals surface area (Å²) in [5, 5.41) is 13.4. The first-order valence-corrected chi connectivity index (χ1v) is 11.6. The molecule has 0 atom stereocenters. The van der Waals surface area contributed by atoms with Gasteiger partial charge in [-0.2, -0.15) is 12.8 Å². The number of halogens is 1. The maximum Gasteiger partial charge on any atom is 0.283 e. The van der Waals surface area contributed by atoms with E-state index in [4.69, 9.17) is 21.1 Å². The number of nitrogens with zero attached hydrogens (tertiary/aromatic N) is 1. The molecule has 2 aromatic carbocycles. The summed E-state index contributed by atoms with van der Waals surface area (Å²) < 4.78 is 39.9. The van der Waals surface area contributed by atoms with E-state index in [1.165, 1.54) is 31.4 Å². The smallest absolute Gasteiger partial charge is 0.283 e. The van der Waals surface area contributed by atoms with Crippen LogP contribution in [-0.4, -0.2) is 27.2 Å². The second-order valence-electron chi connectivity index (χ2n) is 6.18. The summed E-state index contributed by atoms with van der Waals surface area (Å²) in [6.07, 6.45) is 0. The van der Waals surface area contributed by atoms with E-state index in [1.54, 1.807) is 38.1 Å². The fourth-order valence-electron chi connectivity index (χ4n) is 2.86. The Labute approximate surface area is 184 Å². The molecule has 2 aromatic rings. The summed E-state index contributed by atoms with van der Waals surface area (Å²) >= 11 is 7.10. The average Bonchev–Trinajstić information content (AvgIpc) is 3.04. The molecule has 0 spiro atoms. The van der Waals surface area contributed by atoms with Crippen molar-refractivity contribution < 1.29 is 23.0 Å². The van der Waals surface area contributed by atoms with Gasteiger partial charge in [0, 0.05) is 16.2 Å². The van der Waals surface area contributed by atoms with Gasteiger partial charge in [0.05, 0.1) is 18.0 Å². The van der Waals surface area contributed by atoms with Gasteiger partial charge in [0.2, 0.25) is 0 Å². The zero-order chi connectivity index (χ0) is 21.9. The highest BCUT2D eigenvalue weighted by atomic mass is 35.5. The SMILES string of the molecule is CCOC([O-])=C1C(=NS(=O)(=O)c2ccc(OC)cc2)SC(C)=C1c1ccc(Cl)cc1. The van der Waals surface area contributed by atoms with E-state index in [1.807, 2.05) is 0 Å². The minimum atomic E-state index is -4.05. The Kier molecular flexibility index (Phi) is 6.80. The van der Waals surface area contributed by atoms with Crippen molar-refractivity contribution >= 4 is 44.0 Å². The monoisotopic (exact) mass is 464 g/mol. The number of benzene rings is 2. The molecule has 0 amide bonds. The molecule has 3 rings (SSSR count). The van der Waals surface area contributed by atoms with Crippen LogP contribution in [0.3, 0.4) is 0 Å². The molecule has 0 saturated carbocycles. The van der Waals surface area contributed by atoms with Crippen LogP contribution in [0.25, 0.3) is 5.57 Å². The highest BCUT2D eigenvalue weighted by molar-refractivity contribution is 8.19. The Morgan fingerprint density at radius 1 is 1.13 bits per heavy atom. The largest absolute Gasteiger partial charge is 0.613 e. The topological polar surface area (TPSA) is 88.0 Å². The fraction of sp³-hybridized carbons (Fsp3) is 0.190. The van der Waals surface area contributed by atoms with Gasteiger partial charge >= 0.3 is 0 Å². The van der Waals surface area contributed by atoms with Gasteiger partial charge in [-0.25, -0.2) is 0 Å². The van der Waals surface area contributed by atoms with Crippen LogP contribution >= 0.6 is 23.4 Å². The first-order valence-electron chi connectivity index (χ1n) is 8.95. The van der Waals surface area contributed by atoms with Gasteiger partial charge in [0.25, 0.3) is 10.0 Å². The molecule has 0 fully saturated rings. The summed E-state index contributed by atoms with van der Waals surface area (Å²) in [4.78, 5) is 0.737. The van der Waals surface area contributed by atoms with Gasteiger partial charge in [0.1, 0.15) is 10.8 Å². The summed E-state index contributed by atoms with van der Waals surface area (Å²) in [6.45, 7) is 3.64. The predicted octanol–water partition coefficient (Wildman–Crippen LogP) is 4.22. The molecule has 0 bridgehead atoms. The standard InChI is InChI=1S/C21H20ClNO5S2/c1-4-28-21(24)19-18(14-5-7-15(22)8-6-14)13(2)29-20(19)23-30(25,26)17-11-9-16(27-3)10-12-17/h5-12,24H,4H2,1-3H3/p-1. The number of rotatable bonds is 6. The highest BCUT2D eigenvalue weighted by Crippen LogP contribution is 2.45. The number of methoxy groups -OCH3 is 1. The molecule has 9 heteroatoms. The highest BCUT2D eigenvalue weighted by Gasteiger charge is 2.29.